The predicted octanol–water partition coefficient (Wildman–Crippen LogP) is 2.26. The number of aliphatic hydroxyl groups excluding tert-OH is 1. The van der Waals surface area contributed by atoms with Gasteiger partial charge in [-0.1, -0.05) is 6.07 Å². The minimum Gasteiger partial charge on any atom is -0.386 e. The molecule has 0 amide bonds. The molecule has 72 valence electrons. The van der Waals surface area contributed by atoms with Crippen LogP contribution in [0.4, 0.5) is 0 Å². The molecule has 1 atom stereocenters. The van der Waals surface area contributed by atoms with Crippen LogP contribution in [0.5, 0.6) is 0 Å². The van der Waals surface area contributed by atoms with Crippen molar-refractivity contribution in [1.82, 2.24) is 9.97 Å². The van der Waals surface area contributed by atoms with Crippen LogP contribution in [0.2, 0.25) is 0 Å². The molecule has 0 aliphatic carbocycles. The number of rotatable bonds is 2. The highest BCUT2D eigenvalue weighted by molar-refractivity contribution is 7.10. The lowest BCUT2D eigenvalue weighted by Crippen LogP contribution is -1.89. The van der Waals surface area contributed by atoms with Crippen molar-refractivity contribution in [3.05, 3.63) is 34.8 Å². The van der Waals surface area contributed by atoms with Crippen molar-refractivity contribution in [3.63, 3.8) is 0 Å². The SMILES string of the molecule is CC(O)c1nc(-c2ccccn2)cs1. The lowest BCUT2D eigenvalue weighted by Gasteiger charge is -1.96. The van der Waals surface area contributed by atoms with E-state index in [4.69, 9.17) is 0 Å². The third-order valence-corrected chi connectivity index (χ3v) is 2.82. The summed E-state index contributed by atoms with van der Waals surface area (Å²) in [4.78, 5) is 8.47. The van der Waals surface area contributed by atoms with Gasteiger partial charge in [-0.15, -0.1) is 11.3 Å². The topological polar surface area (TPSA) is 46.0 Å². The normalized spacial score (nSPS) is 12.7. The Hall–Kier alpha value is -1.26. The molecule has 1 unspecified atom stereocenters. The van der Waals surface area contributed by atoms with Crippen LogP contribution in [0.25, 0.3) is 11.4 Å². The average molecular weight is 206 g/mol. The molecule has 4 heteroatoms. The van der Waals surface area contributed by atoms with Gasteiger partial charge < -0.3 is 5.11 Å². The van der Waals surface area contributed by atoms with E-state index in [1.165, 1.54) is 11.3 Å². The Morgan fingerprint density at radius 2 is 2.21 bits per heavy atom. The van der Waals surface area contributed by atoms with Crippen LogP contribution >= 0.6 is 11.3 Å². The van der Waals surface area contributed by atoms with E-state index in [-0.39, 0.29) is 0 Å². The molecule has 0 spiro atoms. The van der Waals surface area contributed by atoms with Gasteiger partial charge in [-0.25, -0.2) is 4.98 Å². The molecule has 14 heavy (non-hydrogen) atoms. The Balaban J connectivity index is 2.34. The summed E-state index contributed by atoms with van der Waals surface area (Å²) < 4.78 is 0. The second kappa shape index (κ2) is 3.86. The summed E-state index contributed by atoms with van der Waals surface area (Å²) in [6.45, 7) is 1.71. The first-order valence-corrected chi connectivity index (χ1v) is 5.20. The second-order valence-corrected chi connectivity index (χ2v) is 3.85. The molecule has 0 saturated heterocycles. The van der Waals surface area contributed by atoms with Gasteiger partial charge >= 0.3 is 0 Å². The van der Waals surface area contributed by atoms with E-state index in [9.17, 15) is 5.11 Å². The van der Waals surface area contributed by atoms with Crippen molar-refractivity contribution in [2.24, 2.45) is 0 Å². The van der Waals surface area contributed by atoms with E-state index < -0.39 is 6.10 Å². The second-order valence-electron chi connectivity index (χ2n) is 2.96. The van der Waals surface area contributed by atoms with Gasteiger partial charge in [0.1, 0.15) is 11.1 Å². The summed E-state index contributed by atoms with van der Waals surface area (Å²) in [5.74, 6) is 0. The van der Waals surface area contributed by atoms with Crippen LogP contribution in [0, 0.1) is 0 Å². The minimum atomic E-state index is -0.502. The molecule has 3 nitrogen and oxygen atoms in total. The summed E-state index contributed by atoms with van der Waals surface area (Å²) in [7, 11) is 0. The Morgan fingerprint density at radius 3 is 2.79 bits per heavy atom. The highest BCUT2D eigenvalue weighted by atomic mass is 32.1. The molecule has 0 radical (unpaired) electrons. The summed E-state index contributed by atoms with van der Waals surface area (Å²) in [6, 6.07) is 5.69. The van der Waals surface area contributed by atoms with Crippen molar-refractivity contribution in [2.75, 3.05) is 0 Å². The molecular weight excluding hydrogens is 196 g/mol. The van der Waals surface area contributed by atoms with Crippen LogP contribution < -0.4 is 0 Å². The lowest BCUT2D eigenvalue weighted by atomic mass is 10.3. The fourth-order valence-corrected chi connectivity index (χ4v) is 1.87. The molecule has 2 aromatic heterocycles. The average Bonchev–Trinajstić information content (AvgIpc) is 2.68. The number of thiazole rings is 1. The van der Waals surface area contributed by atoms with Gasteiger partial charge in [-0.3, -0.25) is 4.98 Å². The molecule has 0 aliphatic heterocycles. The maximum atomic E-state index is 9.31. The van der Waals surface area contributed by atoms with Gasteiger partial charge in [0.25, 0.3) is 0 Å². The van der Waals surface area contributed by atoms with E-state index in [1.807, 2.05) is 23.6 Å². The fraction of sp³-hybridized carbons (Fsp3) is 0.200. The van der Waals surface area contributed by atoms with Crippen LogP contribution in [-0.2, 0) is 0 Å². The third-order valence-electron chi connectivity index (χ3n) is 1.81. The van der Waals surface area contributed by atoms with E-state index in [2.05, 4.69) is 9.97 Å². The quantitative estimate of drug-likeness (QED) is 0.819. The molecule has 0 aliphatic rings. The number of pyridine rings is 1. The molecule has 0 saturated carbocycles. The number of aliphatic hydroxyl groups is 1. The van der Waals surface area contributed by atoms with Gasteiger partial charge in [-0.05, 0) is 19.1 Å². The first-order chi connectivity index (χ1) is 6.77. The minimum absolute atomic E-state index is 0.502. The maximum absolute atomic E-state index is 9.31. The van der Waals surface area contributed by atoms with Crippen LogP contribution in [0.15, 0.2) is 29.8 Å². The molecule has 2 heterocycles. The van der Waals surface area contributed by atoms with Gasteiger partial charge in [0, 0.05) is 11.6 Å². The lowest BCUT2D eigenvalue weighted by molar-refractivity contribution is 0.199. The molecule has 2 aromatic rings. The Bertz CT molecular complexity index is 411. The third kappa shape index (κ3) is 1.81. The zero-order valence-corrected chi connectivity index (χ0v) is 8.53. The fourth-order valence-electron chi connectivity index (χ4n) is 1.11. The molecule has 0 fully saturated rings. The highest BCUT2D eigenvalue weighted by Gasteiger charge is 2.08. The van der Waals surface area contributed by atoms with E-state index in [0.717, 1.165) is 16.4 Å². The van der Waals surface area contributed by atoms with E-state index in [1.54, 1.807) is 13.1 Å². The monoisotopic (exact) mass is 206 g/mol. The van der Waals surface area contributed by atoms with E-state index >= 15 is 0 Å². The van der Waals surface area contributed by atoms with Crippen molar-refractivity contribution in [3.8, 4) is 11.4 Å². The van der Waals surface area contributed by atoms with Crippen molar-refractivity contribution in [2.45, 2.75) is 13.0 Å². The van der Waals surface area contributed by atoms with Gasteiger partial charge in [0.05, 0.1) is 11.4 Å². The summed E-state index contributed by atoms with van der Waals surface area (Å²) in [5.41, 5.74) is 1.67. The predicted molar refractivity (Wildman–Crippen MR) is 56.0 cm³/mol. The van der Waals surface area contributed by atoms with Gasteiger partial charge in [0.2, 0.25) is 0 Å². The Kier molecular flexibility index (Phi) is 2.56. The molecular formula is C10H10N2OS. The molecule has 0 aromatic carbocycles. The number of aromatic nitrogens is 2. The summed E-state index contributed by atoms with van der Waals surface area (Å²) in [6.07, 6.45) is 1.23. The standard InChI is InChI=1S/C10H10N2OS/c1-7(13)10-12-9(6-14-10)8-4-2-3-5-11-8/h2-7,13H,1H3. The summed E-state index contributed by atoms with van der Waals surface area (Å²) in [5, 5.41) is 11.9. The summed E-state index contributed by atoms with van der Waals surface area (Å²) >= 11 is 1.45. The van der Waals surface area contributed by atoms with Gasteiger partial charge in [0.15, 0.2) is 0 Å². The van der Waals surface area contributed by atoms with E-state index in [0.29, 0.717) is 0 Å². The van der Waals surface area contributed by atoms with Crippen molar-refractivity contribution < 1.29 is 5.11 Å². The van der Waals surface area contributed by atoms with Crippen molar-refractivity contribution >= 4 is 11.3 Å². The molecule has 0 bridgehead atoms. The van der Waals surface area contributed by atoms with Crippen LogP contribution in [0.1, 0.15) is 18.0 Å². The van der Waals surface area contributed by atoms with Crippen LogP contribution in [0.3, 0.4) is 0 Å². The first-order valence-electron chi connectivity index (χ1n) is 4.32. The van der Waals surface area contributed by atoms with Gasteiger partial charge in [-0.2, -0.15) is 0 Å². The maximum Gasteiger partial charge on any atom is 0.122 e. The molecule has 1 N–H and O–H groups in total. The number of hydrogen-bond acceptors (Lipinski definition) is 4. The zero-order valence-electron chi connectivity index (χ0n) is 7.71. The highest BCUT2D eigenvalue weighted by Crippen LogP contribution is 2.23. The Labute approximate surface area is 86.1 Å². The van der Waals surface area contributed by atoms with Crippen molar-refractivity contribution in [1.29, 1.82) is 0 Å². The largest absolute Gasteiger partial charge is 0.386 e. The molecule has 2 rings (SSSR count). The number of nitrogens with zero attached hydrogens (tertiary/aromatic N) is 2. The first kappa shape index (κ1) is 9.30. The van der Waals surface area contributed by atoms with Crippen LogP contribution in [-0.4, -0.2) is 15.1 Å². The Morgan fingerprint density at radius 1 is 1.36 bits per heavy atom. The smallest absolute Gasteiger partial charge is 0.122 e. The zero-order chi connectivity index (χ0) is 9.97. The number of hydrogen-bond donors (Lipinski definition) is 1.